The molecule has 8 nitrogen and oxygen atoms in total. The third kappa shape index (κ3) is 3.84. The Hall–Kier alpha value is -2.94. The molecule has 0 aromatic carbocycles. The Kier molecular flexibility index (Phi) is 5.93. The number of hydrogen-bond acceptors (Lipinski definition) is 7. The Bertz CT molecular complexity index is 1050. The second kappa shape index (κ2) is 8.39. The van der Waals surface area contributed by atoms with Crippen molar-refractivity contribution in [2.24, 2.45) is 0 Å². The van der Waals surface area contributed by atoms with E-state index < -0.39 is 11.5 Å². The topological polar surface area (TPSA) is 94.6 Å². The van der Waals surface area contributed by atoms with Gasteiger partial charge < -0.3 is 14.1 Å². The molecule has 28 heavy (non-hydrogen) atoms. The molecule has 0 spiro atoms. The molecule has 3 aromatic rings. The number of hydrogen-bond donors (Lipinski definition) is 0. The van der Waals surface area contributed by atoms with Gasteiger partial charge >= 0.3 is 5.97 Å². The van der Waals surface area contributed by atoms with Crippen LogP contribution >= 0.6 is 11.3 Å². The van der Waals surface area contributed by atoms with Crippen LogP contribution in [0.25, 0.3) is 11.1 Å². The van der Waals surface area contributed by atoms with Crippen LogP contribution in [0.3, 0.4) is 0 Å². The average Bonchev–Trinajstić information content (AvgIpc) is 3.29. The molecule has 0 fully saturated rings. The van der Waals surface area contributed by atoms with E-state index in [0.717, 1.165) is 4.88 Å². The quantitative estimate of drug-likeness (QED) is 0.563. The number of rotatable bonds is 7. The summed E-state index contributed by atoms with van der Waals surface area (Å²) in [5, 5.41) is 1.99. The Balaban J connectivity index is 1.92. The van der Waals surface area contributed by atoms with E-state index in [0.29, 0.717) is 13.1 Å². The van der Waals surface area contributed by atoms with Gasteiger partial charge in [0.05, 0.1) is 13.2 Å². The van der Waals surface area contributed by atoms with Gasteiger partial charge in [0.15, 0.2) is 0 Å². The molecule has 3 rings (SSSR count). The molecule has 148 valence electrons. The smallest absolute Gasteiger partial charge is 0.342 e. The lowest BCUT2D eigenvalue weighted by Gasteiger charge is -2.20. The number of carbonyl (C=O) groups excluding carboxylic acids is 2. The Morgan fingerprint density at radius 1 is 1.36 bits per heavy atom. The number of nitrogens with zero attached hydrogens (tertiary/aromatic N) is 3. The van der Waals surface area contributed by atoms with Crippen molar-refractivity contribution in [3.63, 3.8) is 0 Å². The number of aromatic nitrogens is 2. The summed E-state index contributed by atoms with van der Waals surface area (Å²) < 4.78 is 11.6. The molecule has 0 saturated carbocycles. The molecule has 9 heteroatoms. The molecule has 0 unspecified atom stereocenters. The maximum absolute atomic E-state index is 12.9. The van der Waals surface area contributed by atoms with Crippen LogP contribution in [0.5, 0.6) is 0 Å². The summed E-state index contributed by atoms with van der Waals surface area (Å²) in [6, 6.07) is 3.89. The van der Waals surface area contributed by atoms with Crippen molar-refractivity contribution in [3.05, 3.63) is 50.4 Å². The van der Waals surface area contributed by atoms with Crippen molar-refractivity contribution in [2.75, 3.05) is 13.2 Å². The molecular formula is C19H21N3O5S. The fourth-order valence-corrected chi connectivity index (χ4v) is 3.63. The van der Waals surface area contributed by atoms with Crippen LogP contribution in [0.2, 0.25) is 0 Å². The number of aryl methyl sites for hydroxylation is 1. The first-order valence-electron chi connectivity index (χ1n) is 8.92. The molecule has 0 bridgehead atoms. The summed E-state index contributed by atoms with van der Waals surface area (Å²) in [7, 11) is 0. The molecule has 3 heterocycles. The van der Waals surface area contributed by atoms with Crippen molar-refractivity contribution in [1.29, 1.82) is 0 Å². The largest absolute Gasteiger partial charge is 0.462 e. The number of esters is 1. The second-order valence-corrected chi connectivity index (χ2v) is 7.13. The van der Waals surface area contributed by atoms with Gasteiger partial charge in [0.1, 0.15) is 29.6 Å². The van der Waals surface area contributed by atoms with Gasteiger partial charge in [-0.05, 0) is 32.2 Å². The van der Waals surface area contributed by atoms with Crippen molar-refractivity contribution in [2.45, 2.75) is 33.9 Å². The Labute approximate surface area is 165 Å². The number of thiophene rings is 1. The fraction of sp³-hybridized carbons (Fsp3) is 0.368. The minimum absolute atomic E-state index is 0.0348. The maximum Gasteiger partial charge on any atom is 0.342 e. The number of fused-ring (bicyclic) bond motifs is 1. The van der Waals surface area contributed by atoms with E-state index in [4.69, 9.17) is 9.15 Å². The predicted molar refractivity (Wildman–Crippen MR) is 104 cm³/mol. The number of likely N-dealkylation sites (N-methyl/N-ethyl adjacent to an activating group) is 1. The number of ether oxygens (including phenoxy) is 1. The van der Waals surface area contributed by atoms with Gasteiger partial charge in [0.2, 0.25) is 11.6 Å². The van der Waals surface area contributed by atoms with Crippen LogP contribution < -0.4 is 5.56 Å². The van der Waals surface area contributed by atoms with Crippen molar-refractivity contribution in [3.8, 4) is 0 Å². The fourth-order valence-electron chi connectivity index (χ4n) is 2.91. The average molecular weight is 403 g/mol. The monoisotopic (exact) mass is 403 g/mol. The van der Waals surface area contributed by atoms with E-state index in [1.165, 1.54) is 10.9 Å². The third-order valence-corrected chi connectivity index (χ3v) is 5.16. The lowest BCUT2D eigenvalue weighted by Crippen LogP contribution is -2.36. The summed E-state index contributed by atoms with van der Waals surface area (Å²) in [6.45, 7) is 6.13. The van der Waals surface area contributed by atoms with Gasteiger partial charge in [-0.3, -0.25) is 14.2 Å². The third-order valence-electron chi connectivity index (χ3n) is 4.30. The molecule has 3 aromatic heterocycles. The van der Waals surface area contributed by atoms with Crippen LogP contribution in [0.15, 0.2) is 33.1 Å². The summed E-state index contributed by atoms with van der Waals surface area (Å²) >= 11 is 1.57. The molecule has 0 N–H and O–H groups in total. The summed E-state index contributed by atoms with van der Waals surface area (Å²) in [4.78, 5) is 44.7. The minimum Gasteiger partial charge on any atom is -0.462 e. The Morgan fingerprint density at radius 3 is 2.79 bits per heavy atom. The highest BCUT2D eigenvalue weighted by atomic mass is 32.1. The highest BCUT2D eigenvalue weighted by molar-refractivity contribution is 7.09. The number of furan rings is 1. The first-order valence-corrected chi connectivity index (χ1v) is 9.80. The summed E-state index contributed by atoms with van der Waals surface area (Å²) in [6.07, 6.45) is 1.26. The van der Waals surface area contributed by atoms with E-state index in [1.54, 1.807) is 30.1 Å². The molecule has 0 saturated heterocycles. The van der Waals surface area contributed by atoms with Gasteiger partial charge in [-0.1, -0.05) is 6.07 Å². The van der Waals surface area contributed by atoms with E-state index >= 15 is 0 Å². The highest BCUT2D eigenvalue weighted by Gasteiger charge is 2.24. The molecule has 0 aliphatic rings. The summed E-state index contributed by atoms with van der Waals surface area (Å²) in [5.41, 5.74) is -0.396. The normalized spacial score (nSPS) is 11.0. The maximum atomic E-state index is 12.9. The van der Waals surface area contributed by atoms with Crippen molar-refractivity contribution >= 4 is 34.3 Å². The van der Waals surface area contributed by atoms with E-state index in [9.17, 15) is 14.4 Å². The first-order chi connectivity index (χ1) is 13.5. The van der Waals surface area contributed by atoms with Gasteiger partial charge in [-0.15, -0.1) is 11.3 Å². The standard InChI is InChI=1S/C19H21N3O5S/c1-4-21(9-13-7-6-8-28-13)14(23)10-22-11-20-17-16(18(22)24)15(12(3)27-17)19(25)26-5-2/h6-8,11H,4-5,9-10H2,1-3H3. The first kappa shape index (κ1) is 19.8. The van der Waals surface area contributed by atoms with E-state index in [2.05, 4.69) is 4.98 Å². The van der Waals surface area contributed by atoms with Crippen LogP contribution in [-0.4, -0.2) is 39.5 Å². The van der Waals surface area contributed by atoms with Crippen molar-refractivity contribution < 1.29 is 18.7 Å². The van der Waals surface area contributed by atoms with Crippen molar-refractivity contribution in [1.82, 2.24) is 14.5 Å². The van der Waals surface area contributed by atoms with Gasteiger partial charge in [0, 0.05) is 11.4 Å². The summed E-state index contributed by atoms with van der Waals surface area (Å²) in [5.74, 6) is -0.596. The van der Waals surface area contributed by atoms with Gasteiger partial charge in [0.25, 0.3) is 5.56 Å². The predicted octanol–water partition coefficient (Wildman–Crippen LogP) is 2.58. The Morgan fingerprint density at radius 2 is 2.14 bits per heavy atom. The second-order valence-electron chi connectivity index (χ2n) is 6.10. The molecule has 0 radical (unpaired) electrons. The number of carbonyl (C=O) groups is 2. The zero-order valence-corrected chi connectivity index (χ0v) is 16.7. The number of amides is 1. The van der Waals surface area contributed by atoms with E-state index in [1.807, 2.05) is 24.4 Å². The van der Waals surface area contributed by atoms with Gasteiger partial charge in [-0.2, -0.15) is 0 Å². The van der Waals surface area contributed by atoms with Crippen LogP contribution in [0, 0.1) is 6.92 Å². The lowest BCUT2D eigenvalue weighted by atomic mass is 10.2. The molecule has 0 aliphatic heterocycles. The van der Waals surface area contributed by atoms with Crippen LogP contribution in [0.4, 0.5) is 0 Å². The molecule has 1 amide bonds. The molecule has 0 atom stereocenters. The minimum atomic E-state index is -0.644. The van der Waals surface area contributed by atoms with E-state index in [-0.39, 0.29) is 41.5 Å². The molecular weight excluding hydrogens is 382 g/mol. The molecule has 0 aliphatic carbocycles. The SMILES string of the molecule is CCOC(=O)c1c(C)oc2ncn(CC(=O)N(CC)Cc3cccs3)c(=O)c12. The lowest BCUT2D eigenvalue weighted by molar-refractivity contribution is -0.132. The van der Waals surface area contributed by atoms with Crippen LogP contribution in [-0.2, 0) is 22.6 Å². The highest BCUT2D eigenvalue weighted by Crippen LogP contribution is 2.21. The van der Waals surface area contributed by atoms with Crippen LogP contribution in [0.1, 0.15) is 34.8 Å². The zero-order valence-electron chi connectivity index (χ0n) is 15.9. The zero-order chi connectivity index (χ0) is 20.3. The van der Waals surface area contributed by atoms with Gasteiger partial charge in [-0.25, -0.2) is 9.78 Å².